The van der Waals surface area contributed by atoms with Gasteiger partial charge in [-0.05, 0) is 48.6 Å². The third-order valence-electron chi connectivity index (χ3n) is 5.91. The zero-order chi connectivity index (χ0) is 19.1. The van der Waals surface area contributed by atoms with Gasteiger partial charge in [0.15, 0.2) is 0 Å². The standard InChI is InChI=1S/C24H21NO3/c26-23-20-9-3-4-10-21(20)24(27)25(23)17-12-14-18(15-13-17)28-22-11-5-7-16-6-1-2-8-19(16)22/h1-2,5-8,11-15,20-21H,3-4,9-10H2/t20-,21-/m0/s1. The fourth-order valence-corrected chi connectivity index (χ4v) is 4.49. The SMILES string of the molecule is O=C1[C@H]2CCCC[C@@H]2C(=O)N1c1ccc(Oc2cccc3ccccc23)cc1. The number of hydrogen-bond acceptors (Lipinski definition) is 3. The predicted molar refractivity (Wildman–Crippen MR) is 108 cm³/mol. The van der Waals surface area contributed by atoms with Gasteiger partial charge in [-0.15, -0.1) is 0 Å². The number of ether oxygens (including phenoxy) is 1. The number of benzene rings is 3. The molecular formula is C24H21NO3. The van der Waals surface area contributed by atoms with Gasteiger partial charge >= 0.3 is 0 Å². The summed E-state index contributed by atoms with van der Waals surface area (Å²) in [5.41, 5.74) is 0.634. The van der Waals surface area contributed by atoms with Gasteiger partial charge in [0, 0.05) is 5.39 Å². The van der Waals surface area contributed by atoms with E-state index in [0.717, 1.165) is 42.2 Å². The van der Waals surface area contributed by atoms with Gasteiger partial charge in [-0.1, -0.05) is 49.2 Å². The lowest BCUT2D eigenvalue weighted by Gasteiger charge is -2.19. The van der Waals surface area contributed by atoms with Crippen molar-refractivity contribution in [2.24, 2.45) is 11.8 Å². The summed E-state index contributed by atoms with van der Waals surface area (Å²) >= 11 is 0. The van der Waals surface area contributed by atoms with Crippen molar-refractivity contribution in [1.29, 1.82) is 0 Å². The molecule has 2 atom stereocenters. The minimum absolute atomic E-state index is 0.0441. The number of carbonyl (C=O) groups is 2. The Bertz CT molecular complexity index is 1030. The van der Waals surface area contributed by atoms with Crippen LogP contribution >= 0.6 is 0 Å². The summed E-state index contributed by atoms with van der Waals surface area (Å²) in [4.78, 5) is 26.9. The molecule has 0 spiro atoms. The molecule has 3 aromatic carbocycles. The van der Waals surface area contributed by atoms with Gasteiger partial charge in [0.1, 0.15) is 11.5 Å². The summed E-state index contributed by atoms with van der Waals surface area (Å²) in [6.07, 6.45) is 3.72. The smallest absolute Gasteiger partial charge is 0.237 e. The Balaban J connectivity index is 1.40. The second-order valence-corrected chi connectivity index (χ2v) is 7.58. The molecule has 1 saturated carbocycles. The van der Waals surface area contributed by atoms with Crippen molar-refractivity contribution in [3.8, 4) is 11.5 Å². The monoisotopic (exact) mass is 371 g/mol. The van der Waals surface area contributed by atoms with Crippen LogP contribution in [0.15, 0.2) is 66.7 Å². The van der Waals surface area contributed by atoms with Crippen LogP contribution in [-0.2, 0) is 9.59 Å². The quantitative estimate of drug-likeness (QED) is 0.586. The topological polar surface area (TPSA) is 46.6 Å². The Morgan fingerprint density at radius 1 is 0.750 bits per heavy atom. The number of carbonyl (C=O) groups excluding carboxylic acids is 2. The van der Waals surface area contributed by atoms with Gasteiger partial charge in [-0.25, -0.2) is 0 Å². The fraction of sp³-hybridized carbons (Fsp3) is 0.250. The number of nitrogens with zero attached hydrogens (tertiary/aromatic N) is 1. The summed E-state index contributed by atoms with van der Waals surface area (Å²) < 4.78 is 6.07. The highest BCUT2D eigenvalue weighted by molar-refractivity contribution is 6.22. The molecule has 140 valence electrons. The van der Waals surface area contributed by atoms with Gasteiger partial charge in [0.25, 0.3) is 0 Å². The van der Waals surface area contributed by atoms with E-state index >= 15 is 0 Å². The fourth-order valence-electron chi connectivity index (χ4n) is 4.49. The molecule has 1 saturated heterocycles. The molecular weight excluding hydrogens is 350 g/mol. The molecule has 1 aliphatic heterocycles. The average molecular weight is 371 g/mol. The third kappa shape index (κ3) is 2.76. The highest BCUT2D eigenvalue weighted by Crippen LogP contribution is 2.40. The maximum Gasteiger partial charge on any atom is 0.237 e. The third-order valence-corrected chi connectivity index (χ3v) is 5.91. The second-order valence-electron chi connectivity index (χ2n) is 7.58. The van der Waals surface area contributed by atoms with E-state index in [1.807, 2.05) is 42.5 Å². The number of rotatable bonds is 3. The lowest BCUT2D eigenvalue weighted by atomic mass is 9.81. The molecule has 4 nitrogen and oxygen atoms in total. The summed E-state index contributed by atoms with van der Waals surface area (Å²) in [5, 5.41) is 2.16. The van der Waals surface area contributed by atoms with Crippen LogP contribution in [0, 0.1) is 11.8 Å². The summed E-state index contributed by atoms with van der Waals surface area (Å²) in [5.74, 6) is 1.11. The van der Waals surface area contributed by atoms with Gasteiger partial charge in [-0.2, -0.15) is 0 Å². The molecule has 2 aliphatic rings. The molecule has 5 rings (SSSR count). The lowest BCUT2D eigenvalue weighted by Crippen LogP contribution is -2.30. The molecule has 3 aromatic rings. The van der Waals surface area contributed by atoms with Crippen LogP contribution in [-0.4, -0.2) is 11.8 Å². The molecule has 28 heavy (non-hydrogen) atoms. The van der Waals surface area contributed by atoms with Crippen LogP contribution in [0.2, 0.25) is 0 Å². The van der Waals surface area contributed by atoms with Crippen LogP contribution in [0.5, 0.6) is 11.5 Å². The Labute approximate surface area is 163 Å². The van der Waals surface area contributed by atoms with E-state index in [2.05, 4.69) is 12.1 Å². The van der Waals surface area contributed by atoms with Crippen LogP contribution < -0.4 is 9.64 Å². The van der Waals surface area contributed by atoms with Crippen LogP contribution in [0.3, 0.4) is 0 Å². The predicted octanol–water partition coefficient (Wildman–Crippen LogP) is 5.31. The molecule has 1 aliphatic carbocycles. The summed E-state index contributed by atoms with van der Waals surface area (Å²) in [6.45, 7) is 0. The first-order valence-corrected chi connectivity index (χ1v) is 9.86. The Kier molecular flexibility index (Phi) is 4.12. The Hall–Kier alpha value is -3.14. The Morgan fingerprint density at radius 2 is 1.39 bits per heavy atom. The van der Waals surface area contributed by atoms with E-state index in [9.17, 15) is 9.59 Å². The molecule has 4 heteroatoms. The minimum atomic E-state index is -0.132. The van der Waals surface area contributed by atoms with Gasteiger partial charge < -0.3 is 4.74 Å². The van der Waals surface area contributed by atoms with E-state index in [1.54, 1.807) is 12.1 Å². The second kappa shape index (κ2) is 6.79. The maximum atomic E-state index is 12.7. The normalized spacial score (nSPS) is 21.8. The average Bonchev–Trinajstić information content (AvgIpc) is 3.00. The number of amides is 2. The van der Waals surface area contributed by atoms with Crippen molar-refractivity contribution in [3.05, 3.63) is 66.7 Å². The van der Waals surface area contributed by atoms with E-state index in [1.165, 1.54) is 4.90 Å². The summed E-state index contributed by atoms with van der Waals surface area (Å²) in [6, 6.07) is 21.3. The number of imide groups is 1. The van der Waals surface area contributed by atoms with Crippen molar-refractivity contribution in [2.45, 2.75) is 25.7 Å². The van der Waals surface area contributed by atoms with Crippen molar-refractivity contribution in [2.75, 3.05) is 4.90 Å². The van der Waals surface area contributed by atoms with Gasteiger partial charge in [-0.3, -0.25) is 14.5 Å². The van der Waals surface area contributed by atoms with E-state index < -0.39 is 0 Å². The Morgan fingerprint density at radius 3 is 2.11 bits per heavy atom. The zero-order valence-corrected chi connectivity index (χ0v) is 15.5. The van der Waals surface area contributed by atoms with E-state index in [4.69, 9.17) is 4.74 Å². The van der Waals surface area contributed by atoms with Crippen LogP contribution in [0.1, 0.15) is 25.7 Å². The van der Waals surface area contributed by atoms with Gasteiger partial charge in [0.05, 0.1) is 17.5 Å². The van der Waals surface area contributed by atoms with Crippen molar-refractivity contribution in [1.82, 2.24) is 0 Å². The van der Waals surface area contributed by atoms with E-state index in [0.29, 0.717) is 11.4 Å². The van der Waals surface area contributed by atoms with E-state index in [-0.39, 0.29) is 23.7 Å². The number of fused-ring (bicyclic) bond motifs is 2. The zero-order valence-electron chi connectivity index (χ0n) is 15.5. The molecule has 0 unspecified atom stereocenters. The van der Waals surface area contributed by atoms with Gasteiger partial charge in [0.2, 0.25) is 11.8 Å². The lowest BCUT2D eigenvalue weighted by molar-refractivity contribution is -0.122. The van der Waals surface area contributed by atoms with Crippen LogP contribution in [0.25, 0.3) is 10.8 Å². The first-order valence-electron chi connectivity index (χ1n) is 9.86. The molecule has 2 fully saturated rings. The molecule has 1 heterocycles. The van der Waals surface area contributed by atoms with Crippen molar-refractivity contribution in [3.63, 3.8) is 0 Å². The molecule has 0 aromatic heterocycles. The molecule has 2 amide bonds. The molecule has 0 bridgehead atoms. The minimum Gasteiger partial charge on any atom is -0.457 e. The van der Waals surface area contributed by atoms with Crippen LogP contribution in [0.4, 0.5) is 5.69 Å². The maximum absolute atomic E-state index is 12.7. The first kappa shape index (κ1) is 17.0. The first-order chi connectivity index (χ1) is 13.7. The van der Waals surface area contributed by atoms with Crippen molar-refractivity contribution >= 4 is 28.3 Å². The number of hydrogen-bond donors (Lipinski definition) is 0. The largest absolute Gasteiger partial charge is 0.457 e. The molecule has 0 N–H and O–H groups in total. The number of anilines is 1. The highest BCUT2D eigenvalue weighted by Gasteiger charge is 2.48. The highest BCUT2D eigenvalue weighted by atomic mass is 16.5. The molecule has 0 radical (unpaired) electrons. The summed E-state index contributed by atoms with van der Waals surface area (Å²) in [7, 11) is 0. The van der Waals surface area contributed by atoms with Crippen molar-refractivity contribution < 1.29 is 14.3 Å².